The number of halogens is 3. The number of nitrogens with two attached hydrogens (primary N) is 1. The third-order valence-corrected chi connectivity index (χ3v) is 6.75. The van der Waals surface area contributed by atoms with Gasteiger partial charge in [0, 0.05) is 12.6 Å². The fourth-order valence-electron chi connectivity index (χ4n) is 5.15. The van der Waals surface area contributed by atoms with Crippen molar-refractivity contribution >= 4 is 17.1 Å². The standard InChI is InChI=1S/C27H25F3N4O2/c28-27(29,30)36-19-12-10-17(11-13-19)16-34-24(33-23-9-4-14-32-26(23)34)15-22(25(31)35)21-8-3-6-18-5-1-2-7-20(18)21/h1-2,4-5,7,9-14,21-22H,3,6,8,15-16H2,(H2,31,35). The third-order valence-electron chi connectivity index (χ3n) is 6.75. The molecule has 186 valence electrons. The molecule has 2 unspecified atom stereocenters. The Bertz CT molecular complexity index is 1380. The van der Waals surface area contributed by atoms with Crippen LogP contribution in [-0.2, 0) is 24.2 Å². The molecule has 2 aromatic carbocycles. The maximum atomic E-state index is 12.7. The lowest BCUT2D eigenvalue weighted by Crippen LogP contribution is -2.33. The van der Waals surface area contributed by atoms with Crippen LogP contribution in [-0.4, -0.2) is 26.8 Å². The van der Waals surface area contributed by atoms with Crippen LogP contribution in [0.1, 0.15) is 41.3 Å². The van der Waals surface area contributed by atoms with Crippen molar-refractivity contribution in [3.63, 3.8) is 0 Å². The molecule has 2 atom stereocenters. The summed E-state index contributed by atoms with van der Waals surface area (Å²) in [5, 5.41) is 0. The molecule has 0 aliphatic heterocycles. The van der Waals surface area contributed by atoms with Gasteiger partial charge in [0.1, 0.15) is 17.1 Å². The Morgan fingerprint density at radius 1 is 1.11 bits per heavy atom. The van der Waals surface area contributed by atoms with E-state index in [0.29, 0.717) is 30.0 Å². The molecule has 0 spiro atoms. The predicted molar refractivity (Wildman–Crippen MR) is 128 cm³/mol. The van der Waals surface area contributed by atoms with Gasteiger partial charge in [0.05, 0.1) is 12.5 Å². The van der Waals surface area contributed by atoms with Gasteiger partial charge in [-0.3, -0.25) is 4.79 Å². The lowest BCUT2D eigenvalue weighted by atomic mass is 9.74. The summed E-state index contributed by atoms with van der Waals surface area (Å²) in [6, 6.07) is 17.5. The molecule has 0 saturated carbocycles. The minimum atomic E-state index is -4.75. The highest BCUT2D eigenvalue weighted by Gasteiger charge is 2.33. The molecule has 4 aromatic rings. The van der Waals surface area contributed by atoms with E-state index in [-0.39, 0.29) is 17.6 Å². The zero-order valence-corrected chi connectivity index (χ0v) is 19.4. The van der Waals surface area contributed by atoms with Gasteiger partial charge in [-0.25, -0.2) is 9.97 Å². The molecule has 1 amide bonds. The Kier molecular flexibility index (Phi) is 6.38. The normalized spacial score (nSPS) is 16.5. The summed E-state index contributed by atoms with van der Waals surface area (Å²) < 4.78 is 43.5. The number of carbonyl (C=O) groups is 1. The van der Waals surface area contributed by atoms with Gasteiger partial charge in [0.25, 0.3) is 0 Å². The van der Waals surface area contributed by atoms with Crippen LogP contribution in [0.5, 0.6) is 5.75 Å². The Morgan fingerprint density at radius 3 is 2.64 bits per heavy atom. The number of aryl methyl sites for hydroxylation is 1. The minimum absolute atomic E-state index is 0.00697. The van der Waals surface area contributed by atoms with Gasteiger partial charge >= 0.3 is 6.36 Å². The van der Waals surface area contributed by atoms with Crippen LogP contribution in [0, 0.1) is 5.92 Å². The molecular formula is C27H25F3N4O2. The van der Waals surface area contributed by atoms with Crippen molar-refractivity contribution < 1.29 is 22.7 Å². The molecule has 0 saturated heterocycles. The molecule has 0 radical (unpaired) electrons. The molecule has 2 aromatic heterocycles. The number of ether oxygens (including phenoxy) is 1. The van der Waals surface area contributed by atoms with E-state index < -0.39 is 12.3 Å². The topological polar surface area (TPSA) is 83.0 Å². The second-order valence-corrected chi connectivity index (χ2v) is 9.06. The number of rotatable bonds is 7. The number of hydrogen-bond donors (Lipinski definition) is 1. The van der Waals surface area contributed by atoms with Crippen molar-refractivity contribution in [3.8, 4) is 5.75 Å². The van der Waals surface area contributed by atoms with Crippen LogP contribution in [0.25, 0.3) is 11.2 Å². The van der Waals surface area contributed by atoms with Crippen LogP contribution in [0.15, 0.2) is 66.9 Å². The highest BCUT2D eigenvalue weighted by atomic mass is 19.4. The number of aromatic nitrogens is 3. The first-order valence-electron chi connectivity index (χ1n) is 11.8. The average molecular weight is 495 g/mol. The molecule has 6 nitrogen and oxygen atoms in total. The van der Waals surface area contributed by atoms with E-state index >= 15 is 0 Å². The van der Waals surface area contributed by atoms with Crippen LogP contribution in [0.2, 0.25) is 0 Å². The van der Waals surface area contributed by atoms with Crippen LogP contribution < -0.4 is 10.5 Å². The van der Waals surface area contributed by atoms with Gasteiger partial charge in [0.2, 0.25) is 5.91 Å². The maximum absolute atomic E-state index is 12.7. The fraction of sp³-hybridized carbons (Fsp3) is 0.296. The van der Waals surface area contributed by atoms with Gasteiger partial charge in [-0.05, 0) is 66.1 Å². The van der Waals surface area contributed by atoms with Gasteiger partial charge in [0.15, 0.2) is 5.65 Å². The number of amides is 1. The van der Waals surface area contributed by atoms with Gasteiger partial charge in [-0.2, -0.15) is 0 Å². The summed E-state index contributed by atoms with van der Waals surface area (Å²) in [4.78, 5) is 22.0. The molecule has 1 aliphatic rings. The van der Waals surface area contributed by atoms with E-state index in [4.69, 9.17) is 10.7 Å². The van der Waals surface area contributed by atoms with E-state index in [1.54, 1.807) is 24.4 Å². The number of alkyl halides is 3. The lowest BCUT2D eigenvalue weighted by Gasteiger charge is -2.30. The van der Waals surface area contributed by atoms with Gasteiger partial charge in [-0.15, -0.1) is 13.2 Å². The highest BCUT2D eigenvalue weighted by molar-refractivity contribution is 5.78. The largest absolute Gasteiger partial charge is 0.573 e. The number of nitrogens with zero attached hydrogens (tertiary/aromatic N) is 3. The first kappa shape index (κ1) is 23.8. The van der Waals surface area contributed by atoms with Crippen LogP contribution >= 0.6 is 0 Å². The molecular weight excluding hydrogens is 469 g/mol. The van der Waals surface area contributed by atoms with Crippen molar-refractivity contribution in [3.05, 3.63) is 89.4 Å². The molecule has 1 aliphatic carbocycles. The number of pyridine rings is 1. The second-order valence-electron chi connectivity index (χ2n) is 9.06. The quantitative estimate of drug-likeness (QED) is 0.386. The molecule has 2 heterocycles. The van der Waals surface area contributed by atoms with Crippen molar-refractivity contribution in [2.24, 2.45) is 11.7 Å². The zero-order chi connectivity index (χ0) is 25.3. The van der Waals surface area contributed by atoms with Crippen molar-refractivity contribution in [2.45, 2.75) is 44.5 Å². The van der Waals surface area contributed by atoms with E-state index in [9.17, 15) is 18.0 Å². The zero-order valence-electron chi connectivity index (χ0n) is 19.4. The highest BCUT2D eigenvalue weighted by Crippen LogP contribution is 2.38. The smallest absolute Gasteiger partial charge is 0.406 e. The number of carbonyl (C=O) groups excluding carboxylic acids is 1. The van der Waals surface area contributed by atoms with Crippen molar-refractivity contribution in [1.82, 2.24) is 14.5 Å². The number of benzene rings is 2. The summed E-state index contributed by atoms with van der Waals surface area (Å²) in [6.45, 7) is 0.321. The summed E-state index contributed by atoms with van der Waals surface area (Å²) in [6.07, 6.45) is 0.0717. The van der Waals surface area contributed by atoms with Crippen LogP contribution in [0.4, 0.5) is 13.2 Å². The van der Waals surface area contributed by atoms with Crippen molar-refractivity contribution in [2.75, 3.05) is 0 Å². The minimum Gasteiger partial charge on any atom is -0.406 e. The van der Waals surface area contributed by atoms with Gasteiger partial charge in [-0.1, -0.05) is 36.4 Å². The molecule has 2 N–H and O–H groups in total. The number of hydrogen-bond acceptors (Lipinski definition) is 4. The monoisotopic (exact) mass is 494 g/mol. The van der Waals surface area contributed by atoms with E-state index in [1.165, 1.54) is 17.7 Å². The summed E-state index contributed by atoms with van der Waals surface area (Å²) in [7, 11) is 0. The number of fused-ring (bicyclic) bond motifs is 2. The predicted octanol–water partition coefficient (Wildman–Crippen LogP) is 5.14. The molecule has 36 heavy (non-hydrogen) atoms. The fourth-order valence-corrected chi connectivity index (χ4v) is 5.15. The number of imidazole rings is 1. The third kappa shape index (κ3) is 5.05. The maximum Gasteiger partial charge on any atom is 0.573 e. The van der Waals surface area contributed by atoms with E-state index in [2.05, 4.69) is 21.9 Å². The van der Waals surface area contributed by atoms with Crippen molar-refractivity contribution in [1.29, 1.82) is 0 Å². The van der Waals surface area contributed by atoms with E-state index in [0.717, 1.165) is 30.4 Å². The molecule has 0 fully saturated rings. The van der Waals surface area contributed by atoms with E-state index in [1.807, 2.05) is 22.8 Å². The summed E-state index contributed by atoms with van der Waals surface area (Å²) in [5.41, 5.74) is 10.4. The SMILES string of the molecule is NC(=O)C(Cc1nc2cccnc2n1Cc1ccc(OC(F)(F)F)cc1)C1CCCc2ccccc21. The molecule has 5 rings (SSSR count). The van der Waals surface area contributed by atoms with Gasteiger partial charge < -0.3 is 15.0 Å². The Morgan fingerprint density at radius 2 is 1.89 bits per heavy atom. The Hall–Kier alpha value is -3.88. The average Bonchev–Trinajstić information content (AvgIpc) is 3.19. The first-order chi connectivity index (χ1) is 17.3. The summed E-state index contributed by atoms with van der Waals surface area (Å²) >= 11 is 0. The molecule has 9 heteroatoms. The lowest BCUT2D eigenvalue weighted by molar-refractivity contribution is -0.274. The summed E-state index contributed by atoms with van der Waals surface area (Å²) in [5.74, 6) is -0.468. The first-order valence-corrected chi connectivity index (χ1v) is 11.8. The Labute approximate surface area is 205 Å². The number of primary amides is 1. The Balaban J connectivity index is 1.47. The molecule has 0 bridgehead atoms. The second kappa shape index (κ2) is 9.64. The van der Waals surface area contributed by atoms with Crippen LogP contribution in [0.3, 0.4) is 0 Å².